The minimum absolute atomic E-state index is 0.0819. The van der Waals surface area contributed by atoms with Gasteiger partial charge in [0.05, 0.1) is 0 Å². The highest BCUT2D eigenvalue weighted by molar-refractivity contribution is 5.70. The van der Waals surface area contributed by atoms with E-state index in [9.17, 15) is 4.79 Å². The van der Waals surface area contributed by atoms with Crippen molar-refractivity contribution in [3.05, 3.63) is 16.2 Å². The Morgan fingerprint density at radius 1 is 1.17 bits per heavy atom. The van der Waals surface area contributed by atoms with Crippen LogP contribution >= 0.6 is 0 Å². The van der Waals surface area contributed by atoms with Gasteiger partial charge in [-0.25, -0.2) is 4.98 Å². The number of aromatic amines is 2. The standard InChI is InChI=1S/C11H16N6O/c12-6-4-2-1-3-5(6)8-14-7-9(15-8)16-11(13)17-10(7)18/h5-6H,1-4,12H2,(H4,13,14,15,16,17,18). The highest BCUT2D eigenvalue weighted by Gasteiger charge is 2.26. The monoisotopic (exact) mass is 248 g/mol. The van der Waals surface area contributed by atoms with Gasteiger partial charge in [-0.3, -0.25) is 9.78 Å². The maximum Gasteiger partial charge on any atom is 0.278 e. The SMILES string of the molecule is Nc1nc2nc(C3CCCCC3N)[nH]c2c(=O)[nH]1. The first-order valence-electron chi connectivity index (χ1n) is 6.16. The Hall–Kier alpha value is -1.89. The van der Waals surface area contributed by atoms with Crippen molar-refractivity contribution in [2.45, 2.75) is 37.6 Å². The normalized spacial score (nSPS) is 24.5. The predicted octanol–water partition coefficient (Wildman–Crippen LogP) is 0.213. The number of fused-ring (bicyclic) bond motifs is 1. The molecule has 18 heavy (non-hydrogen) atoms. The van der Waals surface area contributed by atoms with Gasteiger partial charge in [0.15, 0.2) is 11.2 Å². The van der Waals surface area contributed by atoms with Crippen LogP contribution in [0.3, 0.4) is 0 Å². The highest BCUT2D eigenvalue weighted by Crippen LogP contribution is 2.30. The second-order valence-electron chi connectivity index (χ2n) is 4.83. The van der Waals surface area contributed by atoms with Gasteiger partial charge >= 0.3 is 0 Å². The number of imidazole rings is 1. The maximum atomic E-state index is 11.7. The van der Waals surface area contributed by atoms with Crippen LogP contribution in [0.1, 0.15) is 37.4 Å². The predicted molar refractivity (Wildman–Crippen MR) is 68.1 cm³/mol. The Morgan fingerprint density at radius 3 is 2.72 bits per heavy atom. The fourth-order valence-corrected chi connectivity index (χ4v) is 2.62. The molecule has 0 amide bonds. The van der Waals surface area contributed by atoms with Gasteiger partial charge in [0.2, 0.25) is 5.95 Å². The Bertz CT molecular complexity index is 630. The van der Waals surface area contributed by atoms with Gasteiger partial charge in [-0.1, -0.05) is 12.8 Å². The minimum atomic E-state index is -0.291. The molecule has 1 fully saturated rings. The number of hydrogen-bond donors (Lipinski definition) is 4. The van der Waals surface area contributed by atoms with Crippen LogP contribution in [0, 0.1) is 0 Å². The van der Waals surface area contributed by atoms with Crippen LogP contribution in [0.5, 0.6) is 0 Å². The molecule has 1 aliphatic rings. The molecule has 2 heterocycles. The zero-order chi connectivity index (χ0) is 12.7. The van der Waals surface area contributed by atoms with Crippen LogP contribution < -0.4 is 17.0 Å². The molecule has 7 nitrogen and oxygen atoms in total. The quantitative estimate of drug-likeness (QED) is 0.574. The average Bonchev–Trinajstić information content (AvgIpc) is 2.73. The zero-order valence-electron chi connectivity index (χ0n) is 9.94. The van der Waals surface area contributed by atoms with Crippen LogP contribution in [0.2, 0.25) is 0 Å². The molecule has 2 aromatic heterocycles. The Balaban J connectivity index is 2.08. The van der Waals surface area contributed by atoms with Gasteiger partial charge in [0.25, 0.3) is 5.56 Å². The number of aromatic nitrogens is 4. The molecule has 3 rings (SSSR count). The second kappa shape index (κ2) is 4.09. The van der Waals surface area contributed by atoms with E-state index in [1.54, 1.807) is 0 Å². The third-order valence-corrected chi connectivity index (χ3v) is 3.57. The molecule has 0 spiro atoms. The van der Waals surface area contributed by atoms with Crippen molar-refractivity contribution in [2.75, 3.05) is 5.73 Å². The van der Waals surface area contributed by atoms with Crippen molar-refractivity contribution in [1.29, 1.82) is 0 Å². The van der Waals surface area contributed by atoms with Crippen LogP contribution in [-0.4, -0.2) is 26.0 Å². The van der Waals surface area contributed by atoms with Crippen molar-refractivity contribution >= 4 is 17.1 Å². The van der Waals surface area contributed by atoms with E-state index in [4.69, 9.17) is 11.5 Å². The average molecular weight is 248 g/mol. The molecule has 0 aliphatic heterocycles. The van der Waals surface area contributed by atoms with Crippen LogP contribution in [0.15, 0.2) is 4.79 Å². The first-order chi connectivity index (χ1) is 8.65. The lowest BCUT2D eigenvalue weighted by Crippen LogP contribution is -2.32. The number of nitrogens with zero attached hydrogens (tertiary/aromatic N) is 2. The molecule has 2 atom stereocenters. The fraction of sp³-hybridized carbons (Fsp3) is 0.545. The topological polar surface area (TPSA) is 126 Å². The lowest BCUT2D eigenvalue weighted by Gasteiger charge is -2.26. The summed E-state index contributed by atoms with van der Waals surface area (Å²) in [4.78, 5) is 25.6. The van der Waals surface area contributed by atoms with Gasteiger partial charge in [-0.05, 0) is 12.8 Å². The summed E-state index contributed by atoms with van der Waals surface area (Å²) in [5.74, 6) is 1.01. The van der Waals surface area contributed by atoms with Gasteiger partial charge in [0, 0.05) is 12.0 Å². The Labute approximate surface area is 103 Å². The van der Waals surface area contributed by atoms with Crippen molar-refractivity contribution in [3.63, 3.8) is 0 Å². The van der Waals surface area contributed by atoms with E-state index in [0.717, 1.165) is 31.5 Å². The molecule has 0 bridgehead atoms. The van der Waals surface area contributed by atoms with Crippen LogP contribution in [-0.2, 0) is 0 Å². The summed E-state index contributed by atoms with van der Waals surface area (Å²) >= 11 is 0. The van der Waals surface area contributed by atoms with E-state index in [1.807, 2.05) is 0 Å². The number of hydrogen-bond acceptors (Lipinski definition) is 5. The number of nitrogen functional groups attached to an aromatic ring is 1. The van der Waals surface area contributed by atoms with E-state index < -0.39 is 0 Å². The van der Waals surface area contributed by atoms with Crippen molar-refractivity contribution in [1.82, 2.24) is 19.9 Å². The third kappa shape index (κ3) is 1.76. The molecule has 96 valence electrons. The summed E-state index contributed by atoms with van der Waals surface area (Å²) in [6.07, 6.45) is 4.28. The number of rotatable bonds is 1. The van der Waals surface area contributed by atoms with E-state index >= 15 is 0 Å². The summed E-state index contributed by atoms with van der Waals surface area (Å²) in [6, 6.07) is 0.0933. The first-order valence-corrected chi connectivity index (χ1v) is 6.16. The van der Waals surface area contributed by atoms with E-state index in [0.29, 0.717) is 11.2 Å². The molecule has 0 saturated heterocycles. The number of H-pyrrole nitrogens is 2. The molecule has 0 radical (unpaired) electrons. The molecule has 6 N–H and O–H groups in total. The summed E-state index contributed by atoms with van der Waals surface area (Å²) < 4.78 is 0. The highest BCUT2D eigenvalue weighted by atomic mass is 16.1. The van der Waals surface area contributed by atoms with E-state index in [-0.39, 0.29) is 23.5 Å². The van der Waals surface area contributed by atoms with Gasteiger partial charge in [0.1, 0.15) is 5.82 Å². The summed E-state index contributed by atoms with van der Waals surface area (Å²) in [5, 5.41) is 0. The van der Waals surface area contributed by atoms with Gasteiger partial charge < -0.3 is 16.5 Å². The van der Waals surface area contributed by atoms with Crippen molar-refractivity contribution < 1.29 is 0 Å². The van der Waals surface area contributed by atoms with E-state index in [2.05, 4.69) is 19.9 Å². The smallest absolute Gasteiger partial charge is 0.278 e. The molecule has 0 aromatic carbocycles. The van der Waals surface area contributed by atoms with Gasteiger partial charge in [-0.15, -0.1) is 0 Å². The summed E-state index contributed by atoms with van der Waals surface area (Å²) in [6.45, 7) is 0. The van der Waals surface area contributed by atoms with Gasteiger partial charge in [-0.2, -0.15) is 4.98 Å². The Morgan fingerprint density at radius 2 is 1.94 bits per heavy atom. The molecule has 1 saturated carbocycles. The number of nitrogens with one attached hydrogen (secondary N) is 2. The first kappa shape index (κ1) is 11.2. The van der Waals surface area contributed by atoms with Crippen LogP contribution in [0.4, 0.5) is 5.95 Å². The molecule has 7 heteroatoms. The number of anilines is 1. The Kier molecular flexibility index (Phi) is 2.55. The molecule has 1 aliphatic carbocycles. The largest absolute Gasteiger partial charge is 0.369 e. The third-order valence-electron chi connectivity index (χ3n) is 3.57. The molecular weight excluding hydrogens is 232 g/mol. The molecule has 2 aromatic rings. The second-order valence-corrected chi connectivity index (χ2v) is 4.83. The number of nitrogens with two attached hydrogens (primary N) is 2. The zero-order valence-corrected chi connectivity index (χ0v) is 9.94. The molecular formula is C11H16N6O. The van der Waals surface area contributed by atoms with Crippen molar-refractivity contribution in [3.8, 4) is 0 Å². The fourth-order valence-electron chi connectivity index (χ4n) is 2.62. The molecule has 2 unspecified atom stereocenters. The lowest BCUT2D eigenvalue weighted by molar-refractivity contribution is 0.375. The van der Waals surface area contributed by atoms with E-state index in [1.165, 1.54) is 0 Å². The minimum Gasteiger partial charge on any atom is -0.369 e. The lowest BCUT2D eigenvalue weighted by atomic mass is 9.84. The summed E-state index contributed by atoms with van der Waals surface area (Å²) in [5.41, 5.74) is 12.1. The van der Waals surface area contributed by atoms with Crippen molar-refractivity contribution in [2.24, 2.45) is 5.73 Å². The summed E-state index contributed by atoms with van der Waals surface area (Å²) in [7, 11) is 0. The van der Waals surface area contributed by atoms with Crippen LogP contribution in [0.25, 0.3) is 11.2 Å². The maximum absolute atomic E-state index is 11.7.